The first-order valence-electron chi connectivity index (χ1n) is 8.67. The minimum atomic E-state index is -0.566. The van der Waals surface area contributed by atoms with Crippen molar-refractivity contribution < 1.29 is 14.3 Å². The molecule has 1 atom stereocenters. The number of benzene rings is 2. The molecule has 0 radical (unpaired) electrons. The number of para-hydroxylation sites is 2. The minimum Gasteiger partial charge on any atom is -0.493 e. The Bertz CT molecular complexity index is 760. The van der Waals surface area contributed by atoms with Crippen LogP contribution < -0.4 is 14.4 Å². The average Bonchev–Trinajstić information content (AvgIpc) is 2.68. The second-order valence-electron chi connectivity index (χ2n) is 6.20. The van der Waals surface area contributed by atoms with Gasteiger partial charge in [-0.1, -0.05) is 29.8 Å². The fraction of sp³-hybridized carbons (Fsp3) is 0.350. The molecule has 2 aromatic rings. The third kappa shape index (κ3) is 4.22. The summed E-state index contributed by atoms with van der Waals surface area (Å²) in [5.74, 6) is 1.19. The first kappa shape index (κ1) is 18.4. The maximum atomic E-state index is 12.7. The number of carbonyl (C=O) groups excluding carboxylic acids is 1. The second-order valence-corrected chi connectivity index (χ2v) is 6.64. The third-order valence-electron chi connectivity index (χ3n) is 4.49. The summed E-state index contributed by atoms with van der Waals surface area (Å²) in [6, 6.07) is 15.1. The molecule has 1 amide bonds. The fourth-order valence-corrected chi connectivity index (χ4v) is 3.26. The Kier molecular flexibility index (Phi) is 5.89. The molecule has 0 bridgehead atoms. The molecular weight excluding hydrogens is 352 g/mol. The van der Waals surface area contributed by atoms with Gasteiger partial charge in [-0.05, 0) is 37.3 Å². The third-order valence-corrected chi connectivity index (χ3v) is 4.72. The van der Waals surface area contributed by atoms with Gasteiger partial charge in [-0.15, -0.1) is 0 Å². The number of carbonyl (C=O) groups is 1. The van der Waals surface area contributed by atoms with Crippen molar-refractivity contribution in [3.8, 4) is 11.5 Å². The van der Waals surface area contributed by atoms with Gasteiger partial charge in [-0.25, -0.2) is 0 Å². The van der Waals surface area contributed by atoms with Crippen molar-refractivity contribution in [2.45, 2.75) is 13.0 Å². The van der Waals surface area contributed by atoms with Crippen LogP contribution in [-0.2, 0) is 4.79 Å². The molecule has 1 unspecified atom stereocenters. The first-order valence-corrected chi connectivity index (χ1v) is 9.05. The number of nitrogens with zero attached hydrogens (tertiary/aromatic N) is 2. The maximum absolute atomic E-state index is 12.7. The fourth-order valence-electron chi connectivity index (χ4n) is 3.07. The lowest BCUT2D eigenvalue weighted by Crippen LogP contribution is -2.52. The van der Waals surface area contributed by atoms with Gasteiger partial charge in [0, 0.05) is 36.9 Å². The van der Waals surface area contributed by atoms with E-state index in [9.17, 15) is 4.79 Å². The standard InChI is InChI=1S/C20H23ClN2O3/c1-15(26-19-9-4-3-8-18(19)25-2)20(24)23-12-10-22(11-13-23)17-7-5-6-16(21)14-17/h3-9,14-15H,10-13H2,1-2H3. The van der Waals surface area contributed by atoms with Crippen molar-refractivity contribution in [3.63, 3.8) is 0 Å². The van der Waals surface area contributed by atoms with Gasteiger partial charge in [-0.3, -0.25) is 4.79 Å². The summed E-state index contributed by atoms with van der Waals surface area (Å²) in [5, 5.41) is 0.722. The number of methoxy groups -OCH3 is 1. The molecule has 0 spiro atoms. The highest BCUT2D eigenvalue weighted by Crippen LogP contribution is 2.27. The SMILES string of the molecule is COc1ccccc1OC(C)C(=O)N1CCN(c2cccc(Cl)c2)CC1. The van der Waals surface area contributed by atoms with Crippen LogP contribution in [0.25, 0.3) is 0 Å². The van der Waals surface area contributed by atoms with Crippen molar-refractivity contribution >= 4 is 23.2 Å². The molecule has 0 saturated carbocycles. The predicted molar refractivity (Wildman–Crippen MR) is 103 cm³/mol. The van der Waals surface area contributed by atoms with E-state index in [1.54, 1.807) is 20.1 Å². The molecule has 3 rings (SSSR count). The summed E-state index contributed by atoms with van der Waals surface area (Å²) < 4.78 is 11.1. The number of anilines is 1. The quantitative estimate of drug-likeness (QED) is 0.803. The zero-order valence-corrected chi connectivity index (χ0v) is 15.8. The van der Waals surface area contributed by atoms with Crippen LogP contribution in [0.3, 0.4) is 0 Å². The molecule has 0 N–H and O–H groups in total. The zero-order valence-electron chi connectivity index (χ0n) is 15.0. The van der Waals surface area contributed by atoms with E-state index in [-0.39, 0.29) is 5.91 Å². The number of rotatable bonds is 5. The molecule has 1 aliphatic rings. The normalized spacial score (nSPS) is 15.5. The van der Waals surface area contributed by atoms with Crippen LogP contribution in [0.4, 0.5) is 5.69 Å². The molecule has 1 saturated heterocycles. The van der Waals surface area contributed by atoms with Crippen molar-refractivity contribution in [1.29, 1.82) is 0 Å². The number of ether oxygens (including phenoxy) is 2. The van der Waals surface area contributed by atoms with Gasteiger partial charge in [0.25, 0.3) is 5.91 Å². The number of hydrogen-bond donors (Lipinski definition) is 0. The van der Waals surface area contributed by atoms with Crippen LogP contribution in [0, 0.1) is 0 Å². The Hall–Kier alpha value is -2.40. The molecule has 0 aliphatic carbocycles. The second kappa shape index (κ2) is 8.32. The van der Waals surface area contributed by atoms with Gasteiger partial charge in [-0.2, -0.15) is 0 Å². The average molecular weight is 375 g/mol. The van der Waals surface area contributed by atoms with Crippen LogP contribution in [0.2, 0.25) is 5.02 Å². The van der Waals surface area contributed by atoms with Gasteiger partial charge in [0.1, 0.15) is 0 Å². The highest BCUT2D eigenvalue weighted by Gasteiger charge is 2.26. The Balaban J connectivity index is 1.57. The summed E-state index contributed by atoms with van der Waals surface area (Å²) in [6.45, 7) is 4.63. The Morgan fingerprint density at radius 2 is 1.73 bits per heavy atom. The summed E-state index contributed by atoms with van der Waals surface area (Å²) in [4.78, 5) is 16.8. The topological polar surface area (TPSA) is 42.0 Å². The van der Waals surface area contributed by atoms with E-state index in [1.807, 2.05) is 47.4 Å². The lowest BCUT2D eigenvalue weighted by Gasteiger charge is -2.37. The van der Waals surface area contributed by atoms with Gasteiger partial charge in [0.05, 0.1) is 7.11 Å². The monoisotopic (exact) mass is 374 g/mol. The van der Waals surface area contributed by atoms with E-state index in [0.29, 0.717) is 24.6 Å². The van der Waals surface area contributed by atoms with Crippen LogP contribution in [0.5, 0.6) is 11.5 Å². The van der Waals surface area contributed by atoms with Gasteiger partial charge >= 0.3 is 0 Å². The maximum Gasteiger partial charge on any atom is 0.263 e. The molecule has 6 heteroatoms. The smallest absolute Gasteiger partial charge is 0.263 e. The number of hydrogen-bond acceptors (Lipinski definition) is 4. The molecule has 1 fully saturated rings. The van der Waals surface area contributed by atoms with Gasteiger partial charge < -0.3 is 19.3 Å². The summed E-state index contributed by atoms with van der Waals surface area (Å²) in [5.41, 5.74) is 1.09. The van der Waals surface area contributed by atoms with E-state index < -0.39 is 6.10 Å². The lowest BCUT2D eigenvalue weighted by molar-refractivity contribution is -0.138. The van der Waals surface area contributed by atoms with Gasteiger partial charge in [0.2, 0.25) is 0 Å². The largest absolute Gasteiger partial charge is 0.493 e. The molecule has 5 nitrogen and oxygen atoms in total. The summed E-state index contributed by atoms with van der Waals surface area (Å²) in [6.07, 6.45) is -0.566. The first-order chi connectivity index (χ1) is 12.6. The molecule has 1 heterocycles. The Morgan fingerprint density at radius 1 is 1.04 bits per heavy atom. The number of amides is 1. The zero-order chi connectivity index (χ0) is 18.5. The van der Waals surface area contributed by atoms with Crippen LogP contribution >= 0.6 is 11.6 Å². The molecular formula is C20H23ClN2O3. The van der Waals surface area contributed by atoms with E-state index in [2.05, 4.69) is 4.90 Å². The summed E-state index contributed by atoms with van der Waals surface area (Å²) >= 11 is 6.07. The Morgan fingerprint density at radius 3 is 2.38 bits per heavy atom. The molecule has 2 aromatic carbocycles. The van der Waals surface area contributed by atoms with Crippen LogP contribution in [-0.4, -0.2) is 50.2 Å². The summed E-state index contributed by atoms with van der Waals surface area (Å²) in [7, 11) is 1.59. The van der Waals surface area contributed by atoms with Crippen molar-refractivity contribution in [2.75, 3.05) is 38.2 Å². The van der Waals surface area contributed by atoms with Crippen molar-refractivity contribution in [2.24, 2.45) is 0 Å². The molecule has 0 aromatic heterocycles. The van der Waals surface area contributed by atoms with E-state index in [4.69, 9.17) is 21.1 Å². The van der Waals surface area contributed by atoms with Crippen LogP contribution in [0.15, 0.2) is 48.5 Å². The highest BCUT2D eigenvalue weighted by atomic mass is 35.5. The van der Waals surface area contributed by atoms with Crippen LogP contribution in [0.1, 0.15) is 6.92 Å². The molecule has 138 valence electrons. The number of halogens is 1. The van der Waals surface area contributed by atoms with Gasteiger partial charge in [0.15, 0.2) is 17.6 Å². The number of piperazine rings is 1. The predicted octanol–water partition coefficient (Wildman–Crippen LogP) is 3.46. The van der Waals surface area contributed by atoms with E-state index in [0.717, 1.165) is 23.8 Å². The van der Waals surface area contributed by atoms with E-state index in [1.165, 1.54) is 0 Å². The van der Waals surface area contributed by atoms with E-state index >= 15 is 0 Å². The molecule has 26 heavy (non-hydrogen) atoms. The highest BCUT2D eigenvalue weighted by molar-refractivity contribution is 6.30. The lowest BCUT2D eigenvalue weighted by atomic mass is 10.2. The molecule has 1 aliphatic heterocycles. The minimum absolute atomic E-state index is 0.0124. The Labute approximate surface area is 159 Å². The van der Waals surface area contributed by atoms with Crippen molar-refractivity contribution in [3.05, 3.63) is 53.6 Å². The van der Waals surface area contributed by atoms with Crippen molar-refractivity contribution in [1.82, 2.24) is 4.90 Å².